The number of rotatable bonds is 4. The first-order chi connectivity index (χ1) is 9.09. The minimum Gasteiger partial charge on any atom is -0.368 e. The molecule has 6 nitrogen and oxygen atoms in total. The van der Waals surface area contributed by atoms with Crippen LogP contribution in [0.4, 0.5) is 11.4 Å². The third-order valence-electron chi connectivity index (χ3n) is 3.26. The van der Waals surface area contributed by atoms with E-state index in [2.05, 4.69) is 5.32 Å². The summed E-state index contributed by atoms with van der Waals surface area (Å²) < 4.78 is 0. The molecule has 1 saturated heterocycles. The number of nitro benzene ring substituents is 1. The summed E-state index contributed by atoms with van der Waals surface area (Å²) in [6, 6.07) is 5.90. The van der Waals surface area contributed by atoms with Gasteiger partial charge in [-0.3, -0.25) is 14.9 Å². The van der Waals surface area contributed by atoms with Gasteiger partial charge in [-0.05, 0) is 25.8 Å². The van der Waals surface area contributed by atoms with E-state index in [1.54, 1.807) is 30.0 Å². The minimum atomic E-state index is -0.459. The van der Waals surface area contributed by atoms with E-state index in [4.69, 9.17) is 0 Å². The summed E-state index contributed by atoms with van der Waals surface area (Å²) in [6.45, 7) is 3.29. The lowest BCUT2D eigenvalue weighted by Gasteiger charge is -2.21. The van der Waals surface area contributed by atoms with E-state index in [1.165, 1.54) is 6.07 Å². The van der Waals surface area contributed by atoms with Crippen LogP contribution in [0.1, 0.15) is 19.8 Å². The van der Waals surface area contributed by atoms with Crippen molar-refractivity contribution in [1.82, 2.24) is 4.90 Å². The van der Waals surface area contributed by atoms with Gasteiger partial charge in [0, 0.05) is 19.2 Å². The van der Waals surface area contributed by atoms with Crippen LogP contribution in [-0.2, 0) is 4.79 Å². The summed E-state index contributed by atoms with van der Waals surface area (Å²) in [5, 5.41) is 13.8. The van der Waals surface area contributed by atoms with Gasteiger partial charge in [0.05, 0.1) is 4.92 Å². The van der Waals surface area contributed by atoms with Crippen LogP contribution < -0.4 is 5.32 Å². The number of benzene rings is 1. The second kappa shape index (κ2) is 5.69. The van der Waals surface area contributed by atoms with Crippen molar-refractivity contribution in [2.75, 3.05) is 18.4 Å². The highest BCUT2D eigenvalue weighted by molar-refractivity contribution is 5.85. The van der Waals surface area contributed by atoms with Crippen LogP contribution in [0.2, 0.25) is 0 Å². The molecular formula is C13H17N3O3. The van der Waals surface area contributed by atoms with Crippen LogP contribution in [0.3, 0.4) is 0 Å². The monoisotopic (exact) mass is 263 g/mol. The fourth-order valence-corrected chi connectivity index (χ4v) is 2.26. The molecule has 0 aliphatic carbocycles. The number of nitrogens with zero attached hydrogens (tertiary/aromatic N) is 2. The van der Waals surface area contributed by atoms with Gasteiger partial charge in [0.2, 0.25) is 5.91 Å². The zero-order chi connectivity index (χ0) is 13.8. The van der Waals surface area contributed by atoms with E-state index in [9.17, 15) is 14.9 Å². The Balaban J connectivity index is 2.08. The third-order valence-corrected chi connectivity index (χ3v) is 3.26. The number of carbonyl (C=O) groups excluding carboxylic acids is 1. The Hall–Kier alpha value is -2.11. The molecule has 0 aromatic heterocycles. The van der Waals surface area contributed by atoms with E-state index >= 15 is 0 Å². The first-order valence-electron chi connectivity index (χ1n) is 6.38. The van der Waals surface area contributed by atoms with E-state index in [0.717, 1.165) is 25.9 Å². The molecule has 2 rings (SSSR count). The van der Waals surface area contributed by atoms with Gasteiger partial charge in [-0.15, -0.1) is 0 Å². The third kappa shape index (κ3) is 3.01. The van der Waals surface area contributed by atoms with E-state index in [0.29, 0.717) is 5.69 Å². The number of para-hydroxylation sites is 2. The van der Waals surface area contributed by atoms with Crippen molar-refractivity contribution in [3.8, 4) is 0 Å². The number of hydrogen-bond donors (Lipinski definition) is 1. The lowest BCUT2D eigenvalue weighted by atomic mass is 10.2. The van der Waals surface area contributed by atoms with Crippen molar-refractivity contribution in [3.63, 3.8) is 0 Å². The van der Waals surface area contributed by atoms with Crippen LogP contribution >= 0.6 is 0 Å². The van der Waals surface area contributed by atoms with Crippen molar-refractivity contribution in [3.05, 3.63) is 34.4 Å². The molecule has 1 fully saturated rings. The number of hydrogen-bond acceptors (Lipinski definition) is 4. The highest BCUT2D eigenvalue weighted by Gasteiger charge is 2.24. The Kier molecular flexibility index (Phi) is 3.99. The van der Waals surface area contributed by atoms with Crippen molar-refractivity contribution in [2.45, 2.75) is 25.8 Å². The number of nitro groups is 1. The second-order valence-electron chi connectivity index (χ2n) is 4.67. The summed E-state index contributed by atoms with van der Waals surface area (Å²) in [4.78, 5) is 24.4. The summed E-state index contributed by atoms with van der Waals surface area (Å²) in [7, 11) is 0. The molecule has 1 unspecified atom stereocenters. The Morgan fingerprint density at radius 3 is 2.63 bits per heavy atom. The standard InChI is InChI=1S/C13H17N3O3/c1-10(13(17)15-8-4-5-9-15)14-11-6-2-3-7-12(11)16(18)19/h2-3,6-7,10,14H,4-5,8-9H2,1H3. The number of anilines is 1. The highest BCUT2D eigenvalue weighted by Crippen LogP contribution is 2.24. The van der Waals surface area contributed by atoms with E-state index in [-0.39, 0.29) is 11.6 Å². The first-order valence-corrected chi connectivity index (χ1v) is 6.38. The van der Waals surface area contributed by atoms with Gasteiger partial charge in [0.1, 0.15) is 11.7 Å². The topological polar surface area (TPSA) is 75.5 Å². The predicted octanol–water partition coefficient (Wildman–Crippen LogP) is 2.02. The van der Waals surface area contributed by atoms with Gasteiger partial charge in [0.15, 0.2) is 0 Å². The molecule has 1 heterocycles. The van der Waals surface area contributed by atoms with Crippen molar-refractivity contribution in [2.24, 2.45) is 0 Å². The van der Waals surface area contributed by atoms with Gasteiger partial charge in [-0.2, -0.15) is 0 Å². The van der Waals surface area contributed by atoms with Crippen molar-refractivity contribution >= 4 is 17.3 Å². The van der Waals surface area contributed by atoms with Gasteiger partial charge in [-0.25, -0.2) is 0 Å². The van der Waals surface area contributed by atoms with Gasteiger partial charge in [-0.1, -0.05) is 12.1 Å². The highest BCUT2D eigenvalue weighted by atomic mass is 16.6. The molecule has 0 bridgehead atoms. The Morgan fingerprint density at radius 2 is 2.00 bits per heavy atom. The van der Waals surface area contributed by atoms with Gasteiger partial charge < -0.3 is 10.2 Å². The number of carbonyl (C=O) groups is 1. The van der Waals surface area contributed by atoms with Crippen molar-refractivity contribution in [1.29, 1.82) is 0 Å². The minimum absolute atomic E-state index is 0.00403. The van der Waals surface area contributed by atoms with E-state index in [1.807, 2.05) is 0 Å². The molecule has 19 heavy (non-hydrogen) atoms. The molecule has 6 heteroatoms. The van der Waals surface area contributed by atoms with Crippen LogP contribution in [-0.4, -0.2) is 34.9 Å². The average molecular weight is 263 g/mol. The molecule has 102 valence electrons. The Morgan fingerprint density at radius 1 is 1.37 bits per heavy atom. The predicted molar refractivity (Wildman–Crippen MR) is 72.0 cm³/mol. The fraction of sp³-hybridized carbons (Fsp3) is 0.462. The molecular weight excluding hydrogens is 246 g/mol. The molecule has 0 radical (unpaired) electrons. The summed E-state index contributed by atoms with van der Waals surface area (Å²) in [5.74, 6) is -0.00403. The van der Waals surface area contributed by atoms with E-state index < -0.39 is 11.0 Å². The molecule has 1 aromatic rings. The van der Waals surface area contributed by atoms with Crippen molar-refractivity contribution < 1.29 is 9.72 Å². The Labute approximate surface area is 111 Å². The zero-order valence-electron chi connectivity index (χ0n) is 10.8. The number of amides is 1. The molecule has 1 aliphatic heterocycles. The molecule has 1 aromatic carbocycles. The average Bonchev–Trinajstić information content (AvgIpc) is 2.92. The normalized spacial score (nSPS) is 16.2. The fourth-order valence-electron chi connectivity index (χ4n) is 2.26. The smallest absolute Gasteiger partial charge is 0.292 e. The number of likely N-dealkylation sites (tertiary alicyclic amines) is 1. The lowest BCUT2D eigenvalue weighted by Crippen LogP contribution is -2.39. The first kappa shape index (κ1) is 13.3. The molecule has 0 saturated carbocycles. The quantitative estimate of drug-likeness (QED) is 0.666. The molecule has 1 amide bonds. The van der Waals surface area contributed by atoms with Crippen LogP contribution in [0.25, 0.3) is 0 Å². The lowest BCUT2D eigenvalue weighted by molar-refractivity contribution is -0.384. The maximum Gasteiger partial charge on any atom is 0.292 e. The molecule has 1 aliphatic rings. The maximum absolute atomic E-state index is 12.1. The number of nitrogens with one attached hydrogen (secondary N) is 1. The van der Waals surface area contributed by atoms with Crippen LogP contribution in [0, 0.1) is 10.1 Å². The van der Waals surface area contributed by atoms with Crippen LogP contribution in [0.15, 0.2) is 24.3 Å². The molecule has 1 N–H and O–H groups in total. The molecule has 0 spiro atoms. The maximum atomic E-state index is 12.1. The summed E-state index contributed by atoms with van der Waals surface area (Å²) in [6.07, 6.45) is 2.06. The zero-order valence-corrected chi connectivity index (χ0v) is 10.8. The Bertz CT molecular complexity index is 484. The summed E-state index contributed by atoms with van der Waals surface area (Å²) in [5.41, 5.74) is 0.371. The molecule has 1 atom stereocenters. The van der Waals surface area contributed by atoms with Gasteiger partial charge in [0.25, 0.3) is 5.69 Å². The SMILES string of the molecule is CC(Nc1ccccc1[N+](=O)[O-])C(=O)N1CCCC1. The second-order valence-corrected chi connectivity index (χ2v) is 4.67. The summed E-state index contributed by atoms with van der Waals surface area (Å²) >= 11 is 0. The van der Waals surface area contributed by atoms with Crippen LogP contribution in [0.5, 0.6) is 0 Å². The largest absolute Gasteiger partial charge is 0.368 e. The van der Waals surface area contributed by atoms with Gasteiger partial charge >= 0.3 is 0 Å².